The van der Waals surface area contributed by atoms with Gasteiger partial charge in [0.25, 0.3) is 0 Å². The molecular formula is C32H30ClN3O4S. The number of hydrogen-bond donors (Lipinski definition) is 2. The Kier molecular flexibility index (Phi) is 9.16. The highest BCUT2D eigenvalue weighted by atomic mass is 35.5. The molecule has 1 aromatic heterocycles. The van der Waals surface area contributed by atoms with Crippen LogP contribution in [0.2, 0.25) is 5.02 Å². The van der Waals surface area contributed by atoms with Gasteiger partial charge < -0.3 is 14.8 Å². The summed E-state index contributed by atoms with van der Waals surface area (Å²) in [6.45, 7) is 1.59. The molecule has 0 amide bonds. The number of pyridine rings is 1. The summed E-state index contributed by atoms with van der Waals surface area (Å²) in [5, 5.41) is 5.25. The van der Waals surface area contributed by atoms with Crippen LogP contribution in [0.4, 0.5) is 0 Å². The largest absolute Gasteiger partial charge is 0.497 e. The van der Waals surface area contributed by atoms with Crippen LogP contribution in [0.15, 0.2) is 108 Å². The number of hydrogen-bond acceptors (Lipinski definition) is 6. The molecule has 0 aliphatic carbocycles. The van der Waals surface area contributed by atoms with E-state index in [2.05, 4.69) is 15.0 Å². The number of fused-ring (bicyclic) bond motifs is 1. The second-order valence-electron chi connectivity index (χ2n) is 9.30. The van der Waals surface area contributed by atoms with E-state index < -0.39 is 10.0 Å². The van der Waals surface area contributed by atoms with Crippen molar-refractivity contribution in [1.29, 1.82) is 0 Å². The topological polar surface area (TPSA) is 89.5 Å². The number of ether oxygens (including phenoxy) is 2. The normalized spacial score (nSPS) is 11.5. The molecule has 2 N–H and O–H groups in total. The van der Waals surface area contributed by atoms with E-state index in [1.54, 1.807) is 37.7 Å². The lowest BCUT2D eigenvalue weighted by Crippen LogP contribution is -2.33. The van der Waals surface area contributed by atoms with Crippen molar-refractivity contribution in [3.05, 3.63) is 108 Å². The molecule has 41 heavy (non-hydrogen) atoms. The molecule has 0 saturated carbocycles. The standard InChI is InChI=1S/C32H30ClN3O4S/c1-39-28-10-7-24(8-11-28)30-21-27(33)9-12-31(30)40-18-17-34-15-16-36-41(37,38)32-20-25(23-5-3-2-4-6-23)19-26-22-35-14-13-29(26)32/h2-14,19-22,34,36H,15-18H2,1H3. The van der Waals surface area contributed by atoms with E-state index in [9.17, 15) is 8.42 Å². The number of nitrogens with one attached hydrogen (secondary N) is 2. The first-order valence-corrected chi connectivity index (χ1v) is 15.0. The van der Waals surface area contributed by atoms with Gasteiger partial charge in [-0.25, -0.2) is 13.1 Å². The number of sulfonamides is 1. The number of aromatic nitrogens is 1. The molecular weight excluding hydrogens is 558 g/mol. The average Bonchev–Trinajstić information content (AvgIpc) is 3.01. The fraction of sp³-hybridized carbons (Fsp3) is 0.156. The van der Waals surface area contributed by atoms with Crippen LogP contribution in [0.3, 0.4) is 0 Å². The minimum absolute atomic E-state index is 0.225. The van der Waals surface area contributed by atoms with Gasteiger partial charge in [-0.15, -0.1) is 0 Å². The predicted molar refractivity (Wildman–Crippen MR) is 164 cm³/mol. The lowest BCUT2D eigenvalue weighted by molar-refractivity contribution is 0.316. The quantitative estimate of drug-likeness (QED) is 0.170. The van der Waals surface area contributed by atoms with Crippen LogP contribution in [0, 0.1) is 0 Å². The SMILES string of the molecule is COc1ccc(-c2cc(Cl)ccc2OCCNCCNS(=O)(=O)c2cc(-c3ccccc3)cc3cnccc23)cc1. The monoisotopic (exact) mass is 587 g/mol. The van der Waals surface area contributed by atoms with Gasteiger partial charge in [-0.2, -0.15) is 0 Å². The van der Waals surface area contributed by atoms with Crippen molar-refractivity contribution in [2.45, 2.75) is 4.90 Å². The molecule has 0 spiro atoms. The smallest absolute Gasteiger partial charge is 0.241 e. The van der Waals surface area contributed by atoms with Gasteiger partial charge >= 0.3 is 0 Å². The van der Waals surface area contributed by atoms with Crippen LogP contribution in [0.5, 0.6) is 11.5 Å². The number of rotatable bonds is 12. The van der Waals surface area contributed by atoms with Gasteiger partial charge in [0.05, 0.1) is 12.0 Å². The predicted octanol–water partition coefficient (Wildman–Crippen LogP) is 6.18. The summed E-state index contributed by atoms with van der Waals surface area (Å²) in [4.78, 5) is 4.41. The summed E-state index contributed by atoms with van der Waals surface area (Å²) < 4.78 is 40.7. The van der Waals surface area contributed by atoms with Crippen molar-refractivity contribution >= 4 is 32.4 Å². The molecule has 7 nitrogen and oxygen atoms in total. The van der Waals surface area contributed by atoms with Crippen LogP contribution in [0.1, 0.15) is 0 Å². The zero-order chi connectivity index (χ0) is 28.7. The fourth-order valence-electron chi connectivity index (χ4n) is 4.53. The molecule has 0 bridgehead atoms. The van der Waals surface area contributed by atoms with Gasteiger partial charge in [0.15, 0.2) is 0 Å². The van der Waals surface area contributed by atoms with Crippen LogP contribution in [0.25, 0.3) is 33.0 Å². The summed E-state index contributed by atoms with van der Waals surface area (Å²) in [6, 6.07) is 28.3. The first-order valence-electron chi connectivity index (χ1n) is 13.1. The van der Waals surface area contributed by atoms with E-state index >= 15 is 0 Å². The van der Waals surface area contributed by atoms with Crippen molar-refractivity contribution in [2.24, 2.45) is 0 Å². The molecule has 210 valence electrons. The molecule has 0 aliphatic rings. The highest BCUT2D eigenvalue weighted by Crippen LogP contribution is 2.34. The Hall–Kier alpha value is -3.95. The molecule has 0 radical (unpaired) electrons. The number of benzene rings is 4. The molecule has 0 atom stereocenters. The van der Waals surface area contributed by atoms with Crippen LogP contribution in [-0.2, 0) is 10.0 Å². The molecule has 1 heterocycles. The Morgan fingerprint density at radius 1 is 0.829 bits per heavy atom. The summed E-state index contributed by atoms with van der Waals surface area (Å²) in [5.41, 5.74) is 3.60. The van der Waals surface area contributed by atoms with Crippen molar-refractivity contribution in [3.63, 3.8) is 0 Å². The first kappa shape index (κ1) is 28.6. The zero-order valence-corrected chi connectivity index (χ0v) is 24.1. The van der Waals surface area contributed by atoms with Crippen LogP contribution < -0.4 is 19.5 Å². The summed E-state index contributed by atoms with van der Waals surface area (Å²) in [7, 11) is -2.14. The third-order valence-corrected chi connectivity index (χ3v) is 8.32. The maximum Gasteiger partial charge on any atom is 0.241 e. The lowest BCUT2D eigenvalue weighted by Gasteiger charge is -2.14. The van der Waals surface area contributed by atoms with Crippen molar-refractivity contribution < 1.29 is 17.9 Å². The number of nitrogens with zero attached hydrogens (tertiary/aromatic N) is 1. The molecule has 4 aromatic carbocycles. The lowest BCUT2D eigenvalue weighted by atomic mass is 10.0. The second kappa shape index (κ2) is 13.1. The van der Waals surface area contributed by atoms with E-state index in [1.165, 1.54) is 0 Å². The summed E-state index contributed by atoms with van der Waals surface area (Å²) >= 11 is 6.25. The van der Waals surface area contributed by atoms with E-state index in [0.29, 0.717) is 35.9 Å². The van der Waals surface area contributed by atoms with Gasteiger partial charge in [-0.05, 0) is 65.2 Å². The van der Waals surface area contributed by atoms with E-state index in [0.717, 1.165) is 33.4 Å². The molecule has 5 rings (SSSR count). The molecule has 0 aliphatic heterocycles. The Labute approximate surface area is 245 Å². The zero-order valence-electron chi connectivity index (χ0n) is 22.5. The first-order chi connectivity index (χ1) is 19.9. The highest BCUT2D eigenvalue weighted by Gasteiger charge is 2.19. The maximum atomic E-state index is 13.3. The third-order valence-electron chi connectivity index (χ3n) is 6.58. The van der Waals surface area contributed by atoms with Gasteiger partial charge in [-0.3, -0.25) is 4.98 Å². The third kappa shape index (κ3) is 7.04. The Morgan fingerprint density at radius 3 is 2.41 bits per heavy atom. The minimum Gasteiger partial charge on any atom is -0.497 e. The fourth-order valence-corrected chi connectivity index (χ4v) is 5.98. The molecule has 5 aromatic rings. The minimum atomic E-state index is -3.77. The maximum absolute atomic E-state index is 13.3. The average molecular weight is 588 g/mol. The Balaban J connectivity index is 1.18. The van der Waals surface area contributed by atoms with Gasteiger partial charge in [-0.1, -0.05) is 54.1 Å². The van der Waals surface area contributed by atoms with Gasteiger partial charge in [0, 0.05) is 53.4 Å². The van der Waals surface area contributed by atoms with Crippen molar-refractivity contribution in [2.75, 3.05) is 33.4 Å². The number of halogens is 1. The van der Waals surface area contributed by atoms with Gasteiger partial charge in [0.1, 0.15) is 18.1 Å². The van der Waals surface area contributed by atoms with Crippen molar-refractivity contribution in [1.82, 2.24) is 15.0 Å². The highest BCUT2D eigenvalue weighted by molar-refractivity contribution is 7.89. The van der Waals surface area contributed by atoms with E-state index in [-0.39, 0.29) is 11.4 Å². The Bertz CT molecular complexity index is 1730. The van der Waals surface area contributed by atoms with Crippen LogP contribution in [-0.4, -0.2) is 46.8 Å². The van der Waals surface area contributed by atoms with Crippen molar-refractivity contribution in [3.8, 4) is 33.8 Å². The van der Waals surface area contributed by atoms with Gasteiger partial charge in [0.2, 0.25) is 10.0 Å². The molecule has 0 unspecified atom stereocenters. The molecule has 0 saturated heterocycles. The molecule has 9 heteroatoms. The Morgan fingerprint density at radius 2 is 1.63 bits per heavy atom. The summed E-state index contributed by atoms with van der Waals surface area (Å²) in [5.74, 6) is 1.48. The van der Waals surface area contributed by atoms with Crippen LogP contribution >= 0.6 is 11.6 Å². The van der Waals surface area contributed by atoms with E-state index in [4.69, 9.17) is 21.1 Å². The second-order valence-corrected chi connectivity index (χ2v) is 11.5. The summed E-state index contributed by atoms with van der Waals surface area (Å²) in [6.07, 6.45) is 3.29. The number of methoxy groups -OCH3 is 1. The molecule has 0 fully saturated rings. The van der Waals surface area contributed by atoms with E-state index in [1.807, 2.05) is 72.8 Å².